The first-order valence-corrected chi connectivity index (χ1v) is 11.0. The fourth-order valence-corrected chi connectivity index (χ4v) is 4.79. The molecule has 4 rings (SSSR count). The second kappa shape index (κ2) is 9.07. The Labute approximate surface area is 194 Å². The summed E-state index contributed by atoms with van der Waals surface area (Å²) in [5.74, 6) is -0.998. The number of nitrogens with zero attached hydrogens (tertiary/aromatic N) is 2. The van der Waals surface area contributed by atoms with E-state index in [1.54, 1.807) is 30.0 Å². The number of ether oxygens (including phenoxy) is 2. The number of aromatic nitrogens is 2. The third-order valence-electron chi connectivity index (χ3n) is 6.54. The Kier molecular flexibility index (Phi) is 6.32. The summed E-state index contributed by atoms with van der Waals surface area (Å²) in [5, 5.41) is 20.0. The number of aliphatic carboxylic acids is 1. The molecule has 11 heteroatoms. The molecule has 0 unspecified atom stereocenters. The molecule has 2 aliphatic heterocycles. The number of rotatable bonds is 5. The highest BCUT2D eigenvalue weighted by atomic mass is 16.5. The summed E-state index contributed by atoms with van der Waals surface area (Å²) in [6, 6.07) is 6.96. The number of carboxylic acid groups (broad SMARTS) is 1. The highest BCUT2D eigenvalue weighted by Crippen LogP contribution is 2.43. The van der Waals surface area contributed by atoms with Gasteiger partial charge in [0.1, 0.15) is 5.75 Å². The van der Waals surface area contributed by atoms with E-state index >= 15 is 0 Å². The molecule has 0 bridgehead atoms. The third kappa shape index (κ3) is 4.90. The maximum absolute atomic E-state index is 13.0. The zero-order valence-corrected chi connectivity index (χ0v) is 18.7. The smallest absolute Gasteiger partial charge is 0.341 e. The lowest BCUT2D eigenvalue weighted by atomic mass is 9.75. The average molecular weight is 473 g/mol. The van der Waals surface area contributed by atoms with Crippen molar-refractivity contribution in [2.45, 2.75) is 43.4 Å². The number of H-pyrrole nitrogens is 1. The molecule has 2 saturated heterocycles. The number of likely N-dealkylation sites (tertiary alicyclic amines) is 1. The number of benzene rings is 1. The second-order valence-corrected chi connectivity index (χ2v) is 9.06. The zero-order chi connectivity index (χ0) is 24.5. The number of nitrogens with one attached hydrogen (secondary N) is 1. The molecule has 3 N–H and O–H groups in total. The van der Waals surface area contributed by atoms with Gasteiger partial charge in [0.15, 0.2) is 6.61 Å². The molecule has 2 aromatic rings. The molecule has 1 aromatic carbocycles. The van der Waals surface area contributed by atoms with E-state index in [9.17, 15) is 24.3 Å². The van der Waals surface area contributed by atoms with Gasteiger partial charge >= 0.3 is 11.7 Å². The molecule has 1 spiro atoms. The molecule has 2 atom stereocenters. The van der Waals surface area contributed by atoms with Crippen LogP contribution in [0, 0.1) is 0 Å². The molecule has 1 amide bonds. The van der Waals surface area contributed by atoms with Crippen LogP contribution in [0.5, 0.6) is 5.75 Å². The number of aliphatic hydroxyl groups is 1. The quantitative estimate of drug-likeness (QED) is 0.564. The van der Waals surface area contributed by atoms with Crippen LogP contribution in [0.3, 0.4) is 0 Å². The largest absolute Gasteiger partial charge is 0.482 e. The van der Waals surface area contributed by atoms with E-state index in [0.717, 1.165) is 0 Å². The molecular weight excluding hydrogens is 446 g/mol. The van der Waals surface area contributed by atoms with Crippen molar-refractivity contribution < 1.29 is 29.3 Å². The van der Waals surface area contributed by atoms with Crippen LogP contribution in [0.15, 0.2) is 46.1 Å². The molecule has 2 aliphatic rings. The van der Waals surface area contributed by atoms with Gasteiger partial charge in [0.05, 0.1) is 23.9 Å². The van der Waals surface area contributed by atoms with Crippen molar-refractivity contribution in [3.8, 4) is 5.75 Å². The SMILES string of the molecule is C[C@]1(O)CC2(CCN(C(=O)c3cccc(OCC(=O)O)c3)CC2)OC[C@@H]1n1ccc(=O)[nH]c1=O. The van der Waals surface area contributed by atoms with Gasteiger partial charge in [0, 0.05) is 37.3 Å². The van der Waals surface area contributed by atoms with Gasteiger partial charge in [0.25, 0.3) is 11.5 Å². The van der Waals surface area contributed by atoms with Crippen LogP contribution in [0.1, 0.15) is 42.6 Å². The number of hydrogen-bond acceptors (Lipinski definition) is 7. The molecule has 0 saturated carbocycles. The maximum atomic E-state index is 13.0. The summed E-state index contributed by atoms with van der Waals surface area (Å²) in [6.07, 6.45) is 2.66. The standard InChI is InChI=1S/C23H27N3O8/c1-22(32)14-23(34-12-17(22)26-8-5-18(27)24-21(26)31)6-9-25(10-7-23)20(30)15-3-2-4-16(11-15)33-13-19(28)29/h2-5,8,11,17,32H,6-7,9-10,12-14H2,1H3,(H,28,29)(H,24,27,31)/t17-,22-/m0/s1. The molecular formula is C23H27N3O8. The lowest BCUT2D eigenvalue weighted by Crippen LogP contribution is -2.59. The normalized spacial score (nSPS) is 24.1. The van der Waals surface area contributed by atoms with E-state index in [1.165, 1.54) is 22.9 Å². The summed E-state index contributed by atoms with van der Waals surface area (Å²) in [5.41, 5.74) is -2.61. The fourth-order valence-electron chi connectivity index (χ4n) is 4.79. The Balaban J connectivity index is 1.41. The zero-order valence-electron chi connectivity index (χ0n) is 18.7. The van der Waals surface area contributed by atoms with Gasteiger partial charge in [-0.3, -0.25) is 19.1 Å². The summed E-state index contributed by atoms with van der Waals surface area (Å²) in [7, 11) is 0. The predicted molar refractivity (Wildman–Crippen MR) is 119 cm³/mol. The second-order valence-electron chi connectivity index (χ2n) is 9.06. The Morgan fingerprint density at radius 1 is 1.24 bits per heavy atom. The fraction of sp³-hybridized carbons (Fsp3) is 0.478. The number of carboxylic acids is 1. The van der Waals surface area contributed by atoms with Gasteiger partial charge in [0.2, 0.25) is 0 Å². The summed E-state index contributed by atoms with van der Waals surface area (Å²) < 4.78 is 12.6. The van der Waals surface area contributed by atoms with Crippen LogP contribution in [0.4, 0.5) is 0 Å². The van der Waals surface area contributed by atoms with Crippen LogP contribution in [0.25, 0.3) is 0 Å². The number of carbonyl (C=O) groups is 2. The van der Waals surface area contributed by atoms with Crippen LogP contribution in [0.2, 0.25) is 0 Å². The Morgan fingerprint density at radius 3 is 2.62 bits per heavy atom. The Hall–Kier alpha value is -3.44. The van der Waals surface area contributed by atoms with Gasteiger partial charge in [-0.25, -0.2) is 9.59 Å². The Bertz CT molecular complexity index is 1190. The number of hydrogen-bond donors (Lipinski definition) is 3. The molecule has 0 aliphatic carbocycles. The monoisotopic (exact) mass is 473 g/mol. The van der Waals surface area contributed by atoms with E-state index < -0.39 is 41.1 Å². The van der Waals surface area contributed by atoms with Gasteiger partial charge in [-0.15, -0.1) is 0 Å². The first-order chi connectivity index (χ1) is 16.1. The number of piperidine rings is 1. The van der Waals surface area contributed by atoms with Crippen molar-refractivity contribution in [2.75, 3.05) is 26.3 Å². The molecule has 2 fully saturated rings. The molecule has 34 heavy (non-hydrogen) atoms. The van der Waals surface area contributed by atoms with Crippen molar-refractivity contribution in [1.29, 1.82) is 0 Å². The highest BCUT2D eigenvalue weighted by molar-refractivity contribution is 5.94. The van der Waals surface area contributed by atoms with Crippen LogP contribution in [-0.4, -0.2) is 74.0 Å². The van der Waals surface area contributed by atoms with Crippen LogP contribution >= 0.6 is 0 Å². The van der Waals surface area contributed by atoms with Crippen molar-refractivity contribution in [2.24, 2.45) is 0 Å². The minimum atomic E-state index is -1.26. The van der Waals surface area contributed by atoms with Crippen molar-refractivity contribution in [1.82, 2.24) is 14.5 Å². The highest BCUT2D eigenvalue weighted by Gasteiger charge is 2.50. The molecule has 0 radical (unpaired) electrons. The number of carbonyl (C=O) groups excluding carboxylic acids is 1. The molecule has 11 nitrogen and oxygen atoms in total. The van der Waals surface area contributed by atoms with Crippen molar-refractivity contribution in [3.63, 3.8) is 0 Å². The molecule has 1 aromatic heterocycles. The third-order valence-corrected chi connectivity index (χ3v) is 6.54. The Morgan fingerprint density at radius 2 is 1.97 bits per heavy atom. The minimum Gasteiger partial charge on any atom is -0.482 e. The first kappa shape index (κ1) is 23.7. The topological polar surface area (TPSA) is 151 Å². The van der Waals surface area contributed by atoms with E-state index in [-0.39, 0.29) is 18.9 Å². The number of aromatic amines is 1. The van der Waals surface area contributed by atoms with E-state index in [2.05, 4.69) is 4.98 Å². The van der Waals surface area contributed by atoms with Gasteiger partial charge in [-0.2, -0.15) is 0 Å². The predicted octanol–water partition coefficient (Wildman–Crippen LogP) is 0.387. The van der Waals surface area contributed by atoms with Gasteiger partial charge in [-0.05, 0) is 38.0 Å². The van der Waals surface area contributed by atoms with E-state index in [1.807, 2.05) is 0 Å². The number of amides is 1. The maximum Gasteiger partial charge on any atom is 0.341 e. The molecule has 182 valence electrons. The van der Waals surface area contributed by atoms with Crippen LogP contribution < -0.4 is 16.0 Å². The van der Waals surface area contributed by atoms with Gasteiger partial charge in [-0.1, -0.05) is 6.07 Å². The first-order valence-electron chi connectivity index (χ1n) is 11.0. The summed E-state index contributed by atoms with van der Waals surface area (Å²) >= 11 is 0. The lowest BCUT2D eigenvalue weighted by molar-refractivity contribution is -0.195. The van der Waals surface area contributed by atoms with Crippen molar-refractivity contribution >= 4 is 11.9 Å². The van der Waals surface area contributed by atoms with Crippen LogP contribution in [-0.2, 0) is 9.53 Å². The molecule has 3 heterocycles. The summed E-state index contributed by atoms with van der Waals surface area (Å²) in [4.78, 5) is 51.2. The van der Waals surface area contributed by atoms with Crippen molar-refractivity contribution in [3.05, 3.63) is 62.9 Å². The average Bonchev–Trinajstić information content (AvgIpc) is 2.78. The lowest BCUT2D eigenvalue weighted by Gasteiger charge is -2.51. The minimum absolute atomic E-state index is 0.0931. The van der Waals surface area contributed by atoms with E-state index in [4.69, 9.17) is 14.6 Å². The van der Waals surface area contributed by atoms with E-state index in [0.29, 0.717) is 37.2 Å². The van der Waals surface area contributed by atoms with Gasteiger partial charge < -0.3 is 24.6 Å². The summed E-state index contributed by atoms with van der Waals surface area (Å²) in [6.45, 7) is 2.08.